The zero-order valence-corrected chi connectivity index (χ0v) is 12.9. The first-order valence-corrected chi connectivity index (χ1v) is 7.22. The van der Waals surface area contributed by atoms with E-state index in [-0.39, 0.29) is 11.9 Å². The fourth-order valence-corrected chi connectivity index (χ4v) is 2.96. The number of nitrogens with one attached hydrogen (secondary N) is 1. The van der Waals surface area contributed by atoms with Crippen molar-refractivity contribution in [2.75, 3.05) is 23.8 Å². The Balaban J connectivity index is 2.22. The zero-order chi connectivity index (χ0) is 15.9. The number of likely N-dealkylation sites (N-methyl/N-ethyl adjacent to an activating group) is 1. The van der Waals surface area contributed by atoms with Gasteiger partial charge in [-0.3, -0.25) is 9.59 Å². The van der Waals surface area contributed by atoms with E-state index in [0.717, 1.165) is 35.1 Å². The van der Waals surface area contributed by atoms with Crippen LogP contribution < -0.4 is 15.0 Å². The van der Waals surface area contributed by atoms with Crippen LogP contribution in [0.25, 0.3) is 10.8 Å². The van der Waals surface area contributed by atoms with Crippen molar-refractivity contribution in [2.24, 2.45) is 0 Å². The summed E-state index contributed by atoms with van der Waals surface area (Å²) in [6.07, 6.45) is 0.937. The fraction of sp³-hybridized carbons (Fsp3) is 0.294. The minimum atomic E-state index is -0.340. The lowest BCUT2D eigenvalue weighted by atomic mass is 10.0. The quantitative estimate of drug-likeness (QED) is 0.684. The number of amides is 1. The summed E-state index contributed by atoms with van der Waals surface area (Å²) in [4.78, 5) is 24.8. The van der Waals surface area contributed by atoms with Gasteiger partial charge in [-0.15, -0.1) is 0 Å². The molecular formula is C17H18N2O3. The van der Waals surface area contributed by atoms with Crippen molar-refractivity contribution in [1.82, 2.24) is 0 Å². The largest absolute Gasteiger partial charge is 0.426 e. The van der Waals surface area contributed by atoms with Crippen molar-refractivity contribution in [3.05, 3.63) is 29.8 Å². The van der Waals surface area contributed by atoms with Crippen LogP contribution >= 0.6 is 0 Å². The highest BCUT2D eigenvalue weighted by Crippen LogP contribution is 2.40. The van der Waals surface area contributed by atoms with Gasteiger partial charge >= 0.3 is 5.97 Å². The van der Waals surface area contributed by atoms with Crippen molar-refractivity contribution in [2.45, 2.75) is 20.3 Å². The Hall–Kier alpha value is -2.56. The smallest absolute Gasteiger partial charge is 0.308 e. The predicted octanol–water partition coefficient (Wildman–Crippen LogP) is 2.72. The van der Waals surface area contributed by atoms with Crippen molar-refractivity contribution in [1.29, 1.82) is 0 Å². The average Bonchev–Trinajstić information content (AvgIpc) is 2.79. The second-order valence-corrected chi connectivity index (χ2v) is 5.58. The van der Waals surface area contributed by atoms with Crippen molar-refractivity contribution in [3.63, 3.8) is 0 Å². The van der Waals surface area contributed by atoms with E-state index < -0.39 is 0 Å². The minimum absolute atomic E-state index is 0.107. The molecular weight excluding hydrogens is 280 g/mol. The Kier molecular flexibility index (Phi) is 3.48. The van der Waals surface area contributed by atoms with Gasteiger partial charge in [-0.05, 0) is 35.6 Å². The molecule has 0 saturated heterocycles. The summed E-state index contributed by atoms with van der Waals surface area (Å²) in [7, 11) is 2.02. The Labute approximate surface area is 128 Å². The summed E-state index contributed by atoms with van der Waals surface area (Å²) >= 11 is 0. The molecule has 0 aromatic heterocycles. The number of fused-ring (bicyclic) bond motifs is 3. The second-order valence-electron chi connectivity index (χ2n) is 5.58. The van der Waals surface area contributed by atoms with Crippen LogP contribution in [0.5, 0.6) is 5.75 Å². The minimum Gasteiger partial charge on any atom is -0.426 e. The molecule has 0 fully saturated rings. The van der Waals surface area contributed by atoms with Crippen LogP contribution in [0.4, 0.5) is 11.4 Å². The lowest BCUT2D eigenvalue weighted by molar-refractivity contribution is -0.131. The molecule has 0 aliphatic carbocycles. The highest BCUT2D eigenvalue weighted by Gasteiger charge is 2.22. The SMILES string of the molecule is CC(=O)Nc1ccc2c(OC(C)=O)cc3c(c2c1)CCN3C. The number of nitrogens with zero attached hydrogens (tertiary/aromatic N) is 1. The molecule has 1 N–H and O–H groups in total. The van der Waals surface area contributed by atoms with Crippen LogP contribution in [-0.2, 0) is 16.0 Å². The first kappa shape index (κ1) is 14.4. The summed E-state index contributed by atoms with van der Waals surface area (Å²) in [6, 6.07) is 7.57. The standard InChI is InChI=1S/C17H18N2O3/c1-10(20)18-12-4-5-14-15(8-12)13-6-7-19(3)16(13)9-17(14)22-11(2)21/h4-5,8-9H,6-7H2,1-3H3,(H,18,20). The van der Waals surface area contributed by atoms with Crippen LogP contribution in [0.2, 0.25) is 0 Å². The van der Waals surface area contributed by atoms with Gasteiger partial charge in [0, 0.05) is 50.3 Å². The van der Waals surface area contributed by atoms with Gasteiger partial charge in [0.1, 0.15) is 5.75 Å². The molecule has 5 nitrogen and oxygen atoms in total. The molecule has 2 aromatic carbocycles. The van der Waals surface area contributed by atoms with Crippen molar-refractivity contribution >= 4 is 34.0 Å². The topological polar surface area (TPSA) is 58.6 Å². The Bertz CT molecular complexity index is 783. The molecule has 1 amide bonds. The maximum atomic E-state index is 11.4. The molecule has 0 bridgehead atoms. The van der Waals surface area contributed by atoms with Crippen LogP contribution in [0.3, 0.4) is 0 Å². The van der Waals surface area contributed by atoms with Crippen molar-refractivity contribution in [3.8, 4) is 5.75 Å². The van der Waals surface area contributed by atoms with Crippen LogP contribution in [0.1, 0.15) is 19.4 Å². The fourth-order valence-electron chi connectivity index (χ4n) is 2.96. The van der Waals surface area contributed by atoms with E-state index in [0.29, 0.717) is 5.75 Å². The normalized spacial score (nSPS) is 13.1. The molecule has 114 valence electrons. The number of carbonyl (C=O) groups is 2. The predicted molar refractivity (Wildman–Crippen MR) is 86.5 cm³/mol. The van der Waals surface area contributed by atoms with Gasteiger partial charge in [-0.25, -0.2) is 0 Å². The highest BCUT2D eigenvalue weighted by atomic mass is 16.5. The van der Waals surface area contributed by atoms with E-state index in [1.165, 1.54) is 19.4 Å². The maximum Gasteiger partial charge on any atom is 0.308 e. The van der Waals surface area contributed by atoms with Gasteiger partial charge in [-0.1, -0.05) is 0 Å². The van der Waals surface area contributed by atoms with E-state index >= 15 is 0 Å². The second kappa shape index (κ2) is 5.33. The first-order valence-electron chi connectivity index (χ1n) is 7.22. The molecule has 1 aliphatic rings. The number of hydrogen-bond acceptors (Lipinski definition) is 4. The summed E-state index contributed by atoms with van der Waals surface area (Å²) < 4.78 is 5.37. The van der Waals surface area contributed by atoms with Gasteiger partial charge in [0.05, 0.1) is 0 Å². The molecule has 0 radical (unpaired) electrons. The van der Waals surface area contributed by atoms with Gasteiger partial charge < -0.3 is 15.0 Å². The summed E-state index contributed by atoms with van der Waals surface area (Å²) in [6.45, 7) is 3.81. The van der Waals surface area contributed by atoms with E-state index in [1.54, 1.807) is 0 Å². The molecule has 5 heteroatoms. The van der Waals surface area contributed by atoms with Gasteiger partial charge in [0.25, 0.3) is 0 Å². The Morgan fingerprint density at radius 1 is 1.18 bits per heavy atom. The summed E-state index contributed by atoms with van der Waals surface area (Å²) in [5.74, 6) is 0.112. The maximum absolute atomic E-state index is 11.4. The number of anilines is 2. The molecule has 0 unspecified atom stereocenters. The van der Waals surface area contributed by atoms with E-state index in [2.05, 4.69) is 10.2 Å². The van der Waals surface area contributed by atoms with E-state index in [9.17, 15) is 9.59 Å². The molecule has 22 heavy (non-hydrogen) atoms. The lowest BCUT2D eigenvalue weighted by Crippen LogP contribution is -2.12. The van der Waals surface area contributed by atoms with Crippen LogP contribution in [-0.4, -0.2) is 25.5 Å². The zero-order valence-electron chi connectivity index (χ0n) is 12.9. The third-order valence-electron chi connectivity index (χ3n) is 3.87. The number of esters is 1. The molecule has 1 aliphatic heterocycles. The number of ether oxygens (including phenoxy) is 1. The number of rotatable bonds is 2. The summed E-state index contributed by atoms with van der Waals surface area (Å²) in [5.41, 5.74) is 3.04. The molecule has 0 atom stereocenters. The monoisotopic (exact) mass is 298 g/mol. The highest BCUT2D eigenvalue weighted by molar-refractivity contribution is 6.00. The number of carbonyl (C=O) groups excluding carboxylic acids is 2. The third kappa shape index (κ3) is 2.50. The molecule has 3 rings (SSSR count). The lowest BCUT2D eigenvalue weighted by Gasteiger charge is -2.16. The van der Waals surface area contributed by atoms with Crippen molar-refractivity contribution < 1.29 is 14.3 Å². The van der Waals surface area contributed by atoms with Gasteiger partial charge in [0.15, 0.2) is 0 Å². The number of hydrogen-bond donors (Lipinski definition) is 1. The average molecular weight is 298 g/mol. The number of benzene rings is 2. The third-order valence-corrected chi connectivity index (χ3v) is 3.87. The van der Waals surface area contributed by atoms with Crippen LogP contribution in [0.15, 0.2) is 24.3 Å². The van der Waals surface area contributed by atoms with E-state index in [1.807, 2.05) is 31.3 Å². The Morgan fingerprint density at radius 3 is 2.64 bits per heavy atom. The van der Waals surface area contributed by atoms with Gasteiger partial charge in [0.2, 0.25) is 5.91 Å². The first-order chi connectivity index (χ1) is 10.5. The Morgan fingerprint density at radius 2 is 1.95 bits per heavy atom. The molecule has 1 heterocycles. The molecule has 0 spiro atoms. The van der Waals surface area contributed by atoms with E-state index in [4.69, 9.17) is 4.74 Å². The molecule has 2 aromatic rings. The molecule has 0 saturated carbocycles. The van der Waals surface area contributed by atoms with Crippen LogP contribution in [0, 0.1) is 0 Å². The summed E-state index contributed by atoms with van der Waals surface area (Å²) in [5, 5.41) is 4.70. The van der Waals surface area contributed by atoms with Gasteiger partial charge in [-0.2, -0.15) is 0 Å².